The van der Waals surface area contributed by atoms with Gasteiger partial charge >= 0.3 is 0 Å². The largest absolute Gasteiger partial charge is 0.317 e. The summed E-state index contributed by atoms with van der Waals surface area (Å²) in [6, 6.07) is 8.66. The fraction of sp³-hybridized carbons (Fsp3) is 0.500. The maximum Gasteiger partial charge on any atom is 0.0417 e. The van der Waals surface area contributed by atoms with Gasteiger partial charge < -0.3 is 5.32 Å². The first-order valence-corrected chi connectivity index (χ1v) is 6.64. The van der Waals surface area contributed by atoms with Crippen molar-refractivity contribution in [3.63, 3.8) is 0 Å². The second-order valence-corrected chi connectivity index (χ2v) is 5.24. The van der Waals surface area contributed by atoms with Gasteiger partial charge in [0.2, 0.25) is 0 Å². The maximum absolute atomic E-state index is 5.91. The van der Waals surface area contributed by atoms with Gasteiger partial charge in [-0.3, -0.25) is 0 Å². The number of thioether (sulfide) groups is 1. The molecule has 0 amide bonds. The van der Waals surface area contributed by atoms with E-state index >= 15 is 0 Å². The van der Waals surface area contributed by atoms with Crippen LogP contribution in [-0.4, -0.2) is 18.8 Å². The lowest BCUT2D eigenvalue weighted by Crippen LogP contribution is -2.20. The molecule has 1 N–H and O–H groups in total. The summed E-state index contributed by atoms with van der Waals surface area (Å²) >= 11 is 7.78. The molecular weight excluding hydrogens is 226 g/mol. The molecule has 0 fully saturated rings. The van der Waals surface area contributed by atoms with Crippen LogP contribution in [0.4, 0.5) is 0 Å². The predicted molar refractivity (Wildman–Crippen MR) is 69.9 cm³/mol. The Morgan fingerprint density at radius 1 is 1.47 bits per heavy atom. The Kier molecular flexibility index (Phi) is 6.15. The Bertz CT molecular complexity index is 291. The van der Waals surface area contributed by atoms with Gasteiger partial charge in [-0.2, -0.15) is 0 Å². The van der Waals surface area contributed by atoms with Crippen LogP contribution < -0.4 is 5.32 Å². The zero-order chi connectivity index (χ0) is 11.1. The molecule has 0 spiro atoms. The van der Waals surface area contributed by atoms with Gasteiger partial charge in [-0.15, -0.1) is 11.8 Å². The van der Waals surface area contributed by atoms with E-state index in [1.54, 1.807) is 0 Å². The summed E-state index contributed by atoms with van der Waals surface area (Å²) in [6.45, 7) is 2.21. The molecule has 0 heterocycles. The van der Waals surface area contributed by atoms with Crippen molar-refractivity contribution in [3.05, 3.63) is 29.3 Å². The summed E-state index contributed by atoms with van der Waals surface area (Å²) in [5.41, 5.74) is 0. The lowest BCUT2D eigenvalue weighted by molar-refractivity contribution is 0.559. The van der Waals surface area contributed by atoms with Crippen molar-refractivity contribution in [3.8, 4) is 0 Å². The van der Waals surface area contributed by atoms with Gasteiger partial charge in [-0.05, 0) is 50.8 Å². The van der Waals surface area contributed by atoms with E-state index in [1.165, 1.54) is 17.7 Å². The Balaban J connectivity index is 2.20. The third kappa shape index (κ3) is 5.45. The van der Waals surface area contributed by atoms with E-state index in [2.05, 4.69) is 18.3 Å². The van der Waals surface area contributed by atoms with E-state index in [0.29, 0.717) is 6.04 Å². The van der Waals surface area contributed by atoms with Crippen LogP contribution >= 0.6 is 23.4 Å². The van der Waals surface area contributed by atoms with E-state index in [1.807, 2.05) is 37.0 Å². The van der Waals surface area contributed by atoms with Gasteiger partial charge in [0.1, 0.15) is 0 Å². The van der Waals surface area contributed by atoms with Crippen molar-refractivity contribution < 1.29 is 0 Å². The molecule has 0 aromatic heterocycles. The summed E-state index contributed by atoms with van der Waals surface area (Å²) in [4.78, 5) is 1.26. The fourth-order valence-electron chi connectivity index (χ4n) is 1.28. The number of halogens is 1. The highest BCUT2D eigenvalue weighted by molar-refractivity contribution is 7.99. The van der Waals surface area contributed by atoms with Gasteiger partial charge in [-0.25, -0.2) is 0 Å². The van der Waals surface area contributed by atoms with Crippen molar-refractivity contribution in [1.29, 1.82) is 0 Å². The minimum Gasteiger partial charge on any atom is -0.317 e. The van der Waals surface area contributed by atoms with E-state index < -0.39 is 0 Å². The predicted octanol–water partition coefficient (Wildman–Crippen LogP) is 3.82. The highest BCUT2D eigenvalue weighted by atomic mass is 35.5. The molecular formula is C12H18ClNS. The number of nitrogens with one attached hydrogen (secondary N) is 1. The van der Waals surface area contributed by atoms with Gasteiger partial charge in [0.15, 0.2) is 0 Å². The monoisotopic (exact) mass is 243 g/mol. The SMILES string of the molecule is CNC(C)CCCSc1cccc(Cl)c1. The number of rotatable bonds is 6. The van der Waals surface area contributed by atoms with E-state index in [0.717, 1.165) is 10.8 Å². The van der Waals surface area contributed by atoms with Gasteiger partial charge in [-0.1, -0.05) is 17.7 Å². The van der Waals surface area contributed by atoms with Crippen LogP contribution in [0.15, 0.2) is 29.2 Å². The van der Waals surface area contributed by atoms with Crippen LogP contribution in [0.1, 0.15) is 19.8 Å². The molecule has 1 atom stereocenters. The zero-order valence-corrected chi connectivity index (χ0v) is 10.9. The standard InChI is InChI=1S/C12H18ClNS/c1-10(14-2)5-4-8-15-12-7-3-6-11(13)9-12/h3,6-7,9-10,14H,4-5,8H2,1-2H3. The van der Waals surface area contributed by atoms with Crippen LogP contribution in [0.5, 0.6) is 0 Å². The molecule has 1 aromatic carbocycles. The molecule has 84 valence electrons. The zero-order valence-electron chi connectivity index (χ0n) is 9.29. The minimum atomic E-state index is 0.616. The first-order chi connectivity index (χ1) is 7.22. The van der Waals surface area contributed by atoms with Crippen molar-refractivity contribution in [2.45, 2.75) is 30.7 Å². The highest BCUT2D eigenvalue weighted by Crippen LogP contribution is 2.22. The summed E-state index contributed by atoms with van der Waals surface area (Å²) in [5, 5.41) is 4.07. The van der Waals surface area contributed by atoms with Crippen LogP contribution in [-0.2, 0) is 0 Å². The summed E-state index contributed by atoms with van der Waals surface area (Å²) in [6.07, 6.45) is 2.46. The molecule has 3 heteroatoms. The molecule has 15 heavy (non-hydrogen) atoms. The molecule has 0 aliphatic carbocycles. The molecule has 0 radical (unpaired) electrons. The highest BCUT2D eigenvalue weighted by Gasteiger charge is 1.99. The van der Waals surface area contributed by atoms with Crippen molar-refractivity contribution >= 4 is 23.4 Å². The first kappa shape index (κ1) is 12.9. The third-order valence-corrected chi connectivity index (χ3v) is 3.65. The molecule has 0 saturated heterocycles. The molecule has 0 aliphatic rings. The second-order valence-electron chi connectivity index (χ2n) is 3.64. The summed E-state index contributed by atoms with van der Waals surface area (Å²) in [5.74, 6) is 1.16. The Morgan fingerprint density at radius 3 is 2.93 bits per heavy atom. The van der Waals surface area contributed by atoms with Crippen molar-refractivity contribution in [1.82, 2.24) is 5.32 Å². The fourth-order valence-corrected chi connectivity index (χ4v) is 2.47. The maximum atomic E-state index is 5.91. The number of hydrogen-bond acceptors (Lipinski definition) is 2. The van der Waals surface area contributed by atoms with Gasteiger partial charge in [0.25, 0.3) is 0 Å². The van der Waals surface area contributed by atoms with Crippen molar-refractivity contribution in [2.24, 2.45) is 0 Å². The minimum absolute atomic E-state index is 0.616. The molecule has 1 unspecified atom stereocenters. The molecule has 0 saturated carbocycles. The normalized spacial score (nSPS) is 12.7. The second kappa shape index (κ2) is 7.15. The average molecular weight is 244 g/mol. The number of hydrogen-bond donors (Lipinski definition) is 1. The van der Waals surface area contributed by atoms with E-state index in [-0.39, 0.29) is 0 Å². The molecule has 0 aliphatic heterocycles. The molecule has 1 nitrogen and oxygen atoms in total. The first-order valence-electron chi connectivity index (χ1n) is 5.28. The Morgan fingerprint density at radius 2 is 2.27 bits per heavy atom. The van der Waals surface area contributed by atoms with Crippen molar-refractivity contribution in [2.75, 3.05) is 12.8 Å². The lowest BCUT2D eigenvalue weighted by Gasteiger charge is -2.09. The Labute approximate surface area is 102 Å². The quantitative estimate of drug-likeness (QED) is 0.602. The average Bonchev–Trinajstić information content (AvgIpc) is 2.24. The van der Waals surface area contributed by atoms with Crippen LogP contribution in [0.2, 0.25) is 5.02 Å². The van der Waals surface area contributed by atoms with Gasteiger partial charge in [0.05, 0.1) is 0 Å². The topological polar surface area (TPSA) is 12.0 Å². The molecule has 1 rings (SSSR count). The smallest absolute Gasteiger partial charge is 0.0417 e. The van der Waals surface area contributed by atoms with Crippen LogP contribution in [0, 0.1) is 0 Å². The van der Waals surface area contributed by atoms with E-state index in [4.69, 9.17) is 11.6 Å². The lowest BCUT2D eigenvalue weighted by atomic mass is 10.2. The van der Waals surface area contributed by atoms with Crippen LogP contribution in [0.25, 0.3) is 0 Å². The summed E-state index contributed by atoms with van der Waals surface area (Å²) in [7, 11) is 2.01. The third-order valence-electron chi connectivity index (χ3n) is 2.34. The Hall–Kier alpha value is -0.180. The van der Waals surface area contributed by atoms with Crippen LogP contribution in [0.3, 0.4) is 0 Å². The molecule has 0 bridgehead atoms. The molecule has 1 aromatic rings. The van der Waals surface area contributed by atoms with E-state index in [9.17, 15) is 0 Å². The van der Waals surface area contributed by atoms with Gasteiger partial charge in [0, 0.05) is 16.0 Å². The summed E-state index contributed by atoms with van der Waals surface area (Å²) < 4.78 is 0. The number of benzene rings is 1.